The predicted molar refractivity (Wildman–Crippen MR) is 77.7 cm³/mol. The molecule has 0 spiro atoms. The van der Waals surface area contributed by atoms with Crippen molar-refractivity contribution >= 4 is 17.3 Å². The van der Waals surface area contributed by atoms with Crippen molar-refractivity contribution in [2.45, 2.75) is 45.6 Å². The number of nitrogens with zero attached hydrogens (tertiary/aromatic N) is 1. The molecule has 2 rings (SSSR count). The fourth-order valence-electron chi connectivity index (χ4n) is 2.35. The Hall–Kier alpha value is -1.71. The van der Waals surface area contributed by atoms with Gasteiger partial charge in [0.15, 0.2) is 6.10 Å². The Kier molecular flexibility index (Phi) is 3.20. The maximum atomic E-state index is 12.2. The number of nitrogens with two attached hydrogens (primary N) is 1. The molecule has 1 unspecified atom stereocenters. The van der Waals surface area contributed by atoms with E-state index in [1.54, 1.807) is 18.0 Å². The number of amides is 1. The maximum Gasteiger partial charge on any atom is 0.267 e. The maximum absolute atomic E-state index is 12.2. The van der Waals surface area contributed by atoms with Crippen molar-refractivity contribution in [3.63, 3.8) is 0 Å². The number of anilines is 2. The van der Waals surface area contributed by atoms with E-state index in [1.165, 1.54) is 0 Å². The molecule has 4 heteroatoms. The highest BCUT2D eigenvalue weighted by molar-refractivity contribution is 6.00. The highest BCUT2D eigenvalue weighted by atomic mass is 16.5. The molecule has 4 nitrogen and oxygen atoms in total. The van der Waals surface area contributed by atoms with Crippen LogP contribution in [-0.2, 0) is 10.2 Å². The molecular formula is C15H22N2O2. The first-order valence-corrected chi connectivity index (χ1v) is 6.64. The van der Waals surface area contributed by atoms with Gasteiger partial charge in [-0.2, -0.15) is 0 Å². The average molecular weight is 262 g/mol. The molecule has 1 atom stereocenters. The van der Waals surface area contributed by atoms with E-state index in [0.29, 0.717) is 12.1 Å². The summed E-state index contributed by atoms with van der Waals surface area (Å²) in [5.41, 5.74) is 8.34. The van der Waals surface area contributed by atoms with Crippen LogP contribution in [0, 0.1) is 0 Å². The summed E-state index contributed by atoms with van der Waals surface area (Å²) in [5.74, 6) is 0.774. The number of carbonyl (C=O) groups is 1. The molecule has 1 aromatic carbocycles. The Morgan fingerprint density at radius 1 is 1.37 bits per heavy atom. The van der Waals surface area contributed by atoms with Gasteiger partial charge in [-0.05, 0) is 24.0 Å². The molecule has 0 saturated carbocycles. The number of nitrogen functional groups attached to an aromatic ring is 1. The van der Waals surface area contributed by atoms with Gasteiger partial charge in [0.05, 0.1) is 5.69 Å². The summed E-state index contributed by atoms with van der Waals surface area (Å²) in [6, 6.07) is 3.74. The Morgan fingerprint density at radius 3 is 2.53 bits per heavy atom. The second-order valence-corrected chi connectivity index (χ2v) is 6.08. The van der Waals surface area contributed by atoms with E-state index < -0.39 is 6.10 Å². The number of fused-ring (bicyclic) bond motifs is 1. The number of hydrogen-bond acceptors (Lipinski definition) is 3. The average Bonchev–Trinajstić information content (AvgIpc) is 2.32. The van der Waals surface area contributed by atoms with Crippen molar-refractivity contribution in [1.29, 1.82) is 0 Å². The first-order chi connectivity index (χ1) is 8.75. The minimum atomic E-state index is -0.401. The predicted octanol–water partition coefficient (Wildman–Crippen LogP) is 2.70. The number of rotatable bonds is 1. The smallest absolute Gasteiger partial charge is 0.267 e. The standard InChI is InChI=1S/C15H22N2O2/c1-6-12-14(18)17(5)11-8-9(16)7-10(13(11)19-12)15(2,3)4/h7-8,12H,6,16H2,1-5H3. The lowest BCUT2D eigenvalue weighted by Gasteiger charge is -2.35. The van der Waals surface area contributed by atoms with Gasteiger partial charge in [-0.25, -0.2) is 0 Å². The highest BCUT2D eigenvalue weighted by Gasteiger charge is 2.35. The molecule has 0 aliphatic carbocycles. The number of ether oxygens (including phenoxy) is 1. The van der Waals surface area contributed by atoms with Crippen LogP contribution in [0.2, 0.25) is 0 Å². The number of likely N-dealkylation sites (N-methyl/N-ethyl adjacent to an activating group) is 1. The van der Waals surface area contributed by atoms with Gasteiger partial charge < -0.3 is 15.4 Å². The molecule has 19 heavy (non-hydrogen) atoms. The number of hydrogen-bond donors (Lipinski definition) is 1. The van der Waals surface area contributed by atoms with Crippen molar-refractivity contribution < 1.29 is 9.53 Å². The van der Waals surface area contributed by atoms with Crippen molar-refractivity contribution in [3.8, 4) is 5.75 Å². The minimum Gasteiger partial charge on any atom is -0.478 e. The Bertz CT molecular complexity index is 518. The Labute approximate surface area is 114 Å². The first kappa shape index (κ1) is 13.7. The van der Waals surface area contributed by atoms with Crippen molar-refractivity contribution in [2.24, 2.45) is 0 Å². The van der Waals surface area contributed by atoms with Crippen LogP contribution in [0.4, 0.5) is 11.4 Å². The summed E-state index contributed by atoms with van der Waals surface area (Å²) in [6.45, 7) is 8.30. The van der Waals surface area contributed by atoms with E-state index in [9.17, 15) is 4.79 Å². The molecule has 1 aromatic rings. The SMILES string of the molecule is CCC1Oc2c(cc(N)cc2C(C)(C)C)N(C)C1=O. The summed E-state index contributed by atoms with van der Waals surface area (Å²) >= 11 is 0. The molecule has 1 amide bonds. The zero-order valence-electron chi connectivity index (χ0n) is 12.3. The van der Waals surface area contributed by atoms with Crippen LogP contribution in [0.3, 0.4) is 0 Å². The largest absolute Gasteiger partial charge is 0.478 e. The van der Waals surface area contributed by atoms with Gasteiger partial charge in [-0.1, -0.05) is 27.7 Å². The molecule has 0 fully saturated rings. The second-order valence-electron chi connectivity index (χ2n) is 6.08. The molecule has 0 bridgehead atoms. The van der Waals surface area contributed by atoms with Gasteiger partial charge in [-0.3, -0.25) is 4.79 Å². The normalized spacial score (nSPS) is 19.1. The van der Waals surface area contributed by atoms with E-state index >= 15 is 0 Å². The van der Waals surface area contributed by atoms with E-state index in [0.717, 1.165) is 17.0 Å². The Balaban J connectivity index is 2.64. The zero-order chi connectivity index (χ0) is 14.4. The molecule has 1 heterocycles. The molecule has 104 valence electrons. The monoisotopic (exact) mass is 262 g/mol. The van der Waals surface area contributed by atoms with Gasteiger partial charge >= 0.3 is 0 Å². The summed E-state index contributed by atoms with van der Waals surface area (Å²) < 4.78 is 5.93. The highest BCUT2D eigenvalue weighted by Crippen LogP contribution is 2.43. The van der Waals surface area contributed by atoms with E-state index in [1.807, 2.05) is 13.0 Å². The van der Waals surface area contributed by atoms with Gasteiger partial charge in [0.2, 0.25) is 0 Å². The van der Waals surface area contributed by atoms with E-state index in [-0.39, 0.29) is 11.3 Å². The minimum absolute atomic E-state index is 0.0135. The van der Waals surface area contributed by atoms with Crippen LogP contribution in [-0.4, -0.2) is 19.1 Å². The van der Waals surface area contributed by atoms with Gasteiger partial charge in [0.1, 0.15) is 5.75 Å². The second kappa shape index (κ2) is 4.44. The van der Waals surface area contributed by atoms with Gasteiger partial charge in [-0.15, -0.1) is 0 Å². The third kappa shape index (κ3) is 2.27. The molecule has 2 N–H and O–H groups in total. The van der Waals surface area contributed by atoms with Crippen molar-refractivity contribution in [3.05, 3.63) is 17.7 Å². The zero-order valence-corrected chi connectivity index (χ0v) is 12.3. The van der Waals surface area contributed by atoms with Gasteiger partial charge in [0.25, 0.3) is 5.91 Å². The molecule has 1 aliphatic rings. The molecule has 1 aliphatic heterocycles. The lowest BCUT2D eigenvalue weighted by Crippen LogP contribution is -2.44. The van der Waals surface area contributed by atoms with Crippen LogP contribution in [0.25, 0.3) is 0 Å². The fourth-order valence-corrected chi connectivity index (χ4v) is 2.35. The van der Waals surface area contributed by atoms with Crippen LogP contribution in [0.15, 0.2) is 12.1 Å². The van der Waals surface area contributed by atoms with Crippen LogP contribution in [0.1, 0.15) is 39.7 Å². The molecular weight excluding hydrogens is 240 g/mol. The lowest BCUT2D eigenvalue weighted by molar-refractivity contribution is -0.126. The Morgan fingerprint density at radius 2 is 2.00 bits per heavy atom. The van der Waals surface area contributed by atoms with Crippen molar-refractivity contribution in [1.82, 2.24) is 0 Å². The third-order valence-corrected chi connectivity index (χ3v) is 3.50. The molecule has 0 radical (unpaired) electrons. The topological polar surface area (TPSA) is 55.6 Å². The number of benzene rings is 1. The molecule has 0 saturated heterocycles. The van der Waals surface area contributed by atoms with Crippen LogP contribution in [0.5, 0.6) is 5.75 Å². The summed E-state index contributed by atoms with van der Waals surface area (Å²) in [4.78, 5) is 13.8. The quantitative estimate of drug-likeness (QED) is 0.792. The first-order valence-electron chi connectivity index (χ1n) is 6.64. The van der Waals surface area contributed by atoms with E-state index in [4.69, 9.17) is 10.5 Å². The number of carbonyl (C=O) groups excluding carboxylic acids is 1. The van der Waals surface area contributed by atoms with Crippen molar-refractivity contribution in [2.75, 3.05) is 17.7 Å². The third-order valence-electron chi connectivity index (χ3n) is 3.50. The summed E-state index contributed by atoms with van der Waals surface area (Å²) in [7, 11) is 1.78. The molecule has 0 aromatic heterocycles. The fraction of sp³-hybridized carbons (Fsp3) is 0.533. The summed E-state index contributed by atoms with van der Waals surface area (Å²) in [5, 5.41) is 0. The van der Waals surface area contributed by atoms with Crippen LogP contribution < -0.4 is 15.4 Å². The van der Waals surface area contributed by atoms with E-state index in [2.05, 4.69) is 20.8 Å². The lowest BCUT2D eigenvalue weighted by atomic mass is 9.85. The summed E-state index contributed by atoms with van der Waals surface area (Å²) in [6.07, 6.45) is 0.263. The van der Waals surface area contributed by atoms with Gasteiger partial charge in [0, 0.05) is 18.3 Å². The van der Waals surface area contributed by atoms with Crippen LogP contribution >= 0.6 is 0 Å².